The number of nitrogens with zero attached hydrogens (tertiary/aromatic N) is 4. The van der Waals surface area contributed by atoms with E-state index in [-0.39, 0.29) is 11.7 Å². The summed E-state index contributed by atoms with van der Waals surface area (Å²) < 4.78 is 11.5. The van der Waals surface area contributed by atoms with Gasteiger partial charge < -0.3 is 9.47 Å². The Hall–Kier alpha value is -4.58. The zero-order valence-corrected chi connectivity index (χ0v) is 21.2. The van der Waals surface area contributed by atoms with E-state index in [9.17, 15) is 25.0 Å². The maximum Gasteiger partial charge on any atom is 0.412 e. The summed E-state index contributed by atoms with van der Waals surface area (Å²) in [5.74, 6) is 1.37. The van der Waals surface area contributed by atoms with E-state index in [1.807, 2.05) is 24.3 Å². The van der Waals surface area contributed by atoms with Crippen LogP contribution in [-0.2, 0) is 4.74 Å². The topological polar surface area (TPSA) is 150 Å². The number of amides is 1. The highest BCUT2D eigenvalue weighted by atomic mass is 16.6. The molecular formula is C27H27N5O7. The number of hydrogen-bond donors (Lipinski definition) is 1. The number of methoxy groups -OCH3 is 1. The lowest BCUT2D eigenvalue weighted by atomic mass is 9.73. The third-order valence-corrected chi connectivity index (χ3v) is 7.60. The van der Waals surface area contributed by atoms with Crippen LogP contribution in [0.5, 0.6) is 5.75 Å². The number of nitrogens with one attached hydrogen (secondary N) is 1. The van der Waals surface area contributed by atoms with Crippen LogP contribution in [0.1, 0.15) is 24.5 Å². The number of nitro benzene ring substituents is 2. The summed E-state index contributed by atoms with van der Waals surface area (Å²) in [6.45, 7) is 5.63. The van der Waals surface area contributed by atoms with Crippen LogP contribution in [0, 0.1) is 32.1 Å². The second-order valence-electron chi connectivity index (χ2n) is 9.73. The number of carbonyl (C=O) groups is 1. The van der Waals surface area contributed by atoms with Gasteiger partial charge in [0.1, 0.15) is 11.9 Å². The molecule has 0 saturated carbocycles. The van der Waals surface area contributed by atoms with E-state index < -0.39 is 33.4 Å². The van der Waals surface area contributed by atoms with Crippen molar-refractivity contribution < 1.29 is 24.1 Å². The molecule has 3 fully saturated rings. The second-order valence-corrected chi connectivity index (χ2v) is 9.73. The lowest BCUT2D eigenvalue weighted by molar-refractivity contribution is -0.394. The van der Waals surface area contributed by atoms with Gasteiger partial charge in [0.05, 0.1) is 40.3 Å². The normalized spacial score (nSPS) is 22.6. The largest absolute Gasteiger partial charge is 0.497 e. The van der Waals surface area contributed by atoms with Gasteiger partial charge in [-0.15, -0.1) is 6.58 Å². The van der Waals surface area contributed by atoms with Gasteiger partial charge >= 0.3 is 6.09 Å². The van der Waals surface area contributed by atoms with Crippen LogP contribution in [0.25, 0.3) is 10.9 Å². The SMILES string of the molecule is C=C[C@H]1CN2CC[C@H]1C[C@H]2[C@H](OC(=O)Nc1cc([N+](=O)[O-])cc([N+](=O)[O-])c1)c1ccnc2ccc(OC)cc12. The number of nitro groups is 2. The molecule has 0 aliphatic carbocycles. The predicted octanol–water partition coefficient (Wildman–Crippen LogP) is 5.25. The van der Waals surface area contributed by atoms with E-state index in [1.165, 1.54) is 0 Å². The van der Waals surface area contributed by atoms with Crippen molar-refractivity contribution in [3.8, 4) is 5.75 Å². The number of hydrogen-bond acceptors (Lipinski definition) is 9. The second kappa shape index (κ2) is 10.7. The van der Waals surface area contributed by atoms with Crippen molar-refractivity contribution >= 4 is 34.1 Å². The number of aromatic nitrogens is 1. The Morgan fingerprint density at radius 2 is 1.92 bits per heavy atom. The summed E-state index contributed by atoms with van der Waals surface area (Å²) in [6, 6.07) is 10.1. The number of rotatable bonds is 8. The number of benzene rings is 2. The monoisotopic (exact) mass is 533 g/mol. The van der Waals surface area contributed by atoms with E-state index in [4.69, 9.17) is 9.47 Å². The molecule has 12 nitrogen and oxygen atoms in total. The van der Waals surface area contributed by atoms with Gasteiger partial charge in [-0.05, 0) is 55.5 Å². The zero-order valence-electron chi connectivity index (χ0n) is 21.2. The van der Waals surface area contributed by atoms with Crippen molar-refractivity contribution in [2.75, 3.05) is 25.5 Å². The van der Waals surface area contributed by atoms with Crippen molar-refractivity contribution in [3.05, 3.63) is 87.1 Å². The van der Waals surface area contributed by atoms with E-state index >= 15 is 0 Å². The Morgan fingerprint density at radius 3 is 2.54 bits per heavy atom. The van der Waals surface area contributed by atoms with Crippen LogP contribution < -0.4 is 10.1 Å². The first kappa shape index (κ1) is 26.0. The molecule has 202 valence electrons. The molecule has 0 radical (unpaired) electrons. The van der Waals surface area contributed by atoms with E-state index in [0.717, 1.165) is 55.1 Å². The Kier molecular flexibility index (Phi) is 7.11. The number of piperidine rings is 3. The van der Waals surface area contributed by atoms with Gasteiger partial charge in [0.25, 0.3) is 11.4 Å². The lowest BCUT2D eigenvalue weighted by Crippen LogP contribution is -2.55. The molecule has 3 aliphatic heterocycles. The molecule has 5 atom stereocenters. The minimum Gasteiger partial charge on any atom is -0.497 e. The average Bonchev–Trinajstić information content (AvgIpc) is 2.95. The smallest absolute Gasteiger partial charge is 0.412 e. The molecule has 3 aliphatic rings. The van der Waals surface area contributed by atoms with Crippen molar-refractivity contribution in [1.29, 1.82) is 0 Å². The van der Waals surface area contributed by atoms with Crippen LogP contribution >= 0.6 is 0 Å². The van der Waals surface area contributed by atoms with Crippen molar-refractivity contribution in [2.24, 2.45) is 11.8 Å². The van der Waals surface area contributed by atoms with Crippen LogP contribution in [-0.4, -0.2) is 52.1 Å². The van der Waals surface area contributed by atoms with Gasteiger partial charge in [-0.25, -0.2) is 4.79 Å². The third-order valence-electron chi connectivity index (χ3n) is 7.60. The Bertz CT molecular complexity index is 1430. The number of pyridine rings is 1. The molecule has 1 N–H and O–H groups in total. The molecule has 3 saturated heterocycles. The molecule has 6 rings (SSSR count). The maximum absolute atomic E-state index is 13.2. The minimum absolute atomic E-state index is 0.113. The van der Waals surface area contributed by atoms with Crippen molar-refractivity contribution in [2.45, 2.75) is 25.0 Å². The van der Waals surface area contributed by atoms with Crippen LogP contribution in [0.3, 0.4) is 0 Å². The number of non-ortho nitro benzene ring substituents is 2. The summed E-state index contributed by atoms with van der Waals surface area (Å²) in [7, 11) is 1.57. The molecule has 1 amide bonds. The number of fused-ring (bicyclic) bond motifs is 4. The molecule has 39 heavy (non-hydrogen) atoms. The summed E-state index contributed by atoms with van der Waals surface area (Å²) in [5, 5.41) is 25.8. The molecule has 12 heteroatoms. The minimum atomic E-state index is -0.884. The van der Waals surface area contributed by atoms with Gasteiger partial charge in [-0.3, -0.25) is 35.4 Å². The third kappa shape index (κ3) is 5.23. The van der Waals surface area contributed by atoms with Crippen LogP contribution in [0.15, 0.2) is 61.3 Å². The fourth-order valence-electron chi connectivity index (χ4n) is 5.70. The van der Waals surface area contributed by atoms with Gasteiger partial charge in [0, 0.05) is 35.8 Å². The van der Waals surface area contributed by atoms with Gasteiger partial charge in [0.2, 0.25) is 0 Å². The zero-order chi connectivity index (χ0) is 27.7. The molecule has 1 unspecified atom stereocenters. The Labute approximate surface area is 223 Å². The van der Waals surface area contributed by atoms with Gasteiger partial charge in [0.15, 0.2) is 0 Å². The maximum atomic E-state index is 13.2. The highest BCUT2D eigenvalue weighted by molar-refractivity contribution is 5.87. The summed E-state index contributed by atoms with van der Waals surface area (Å²) >= 11 is 0. The Morgan fingerprint density at radius 1 is 1.18 bits per heavy atom. The summed E-state index contributed by atoms with van der Waals surface area (Å²) in [4.78, 5) is 41.1. The first-order chi connectivity index (χ1) is 18.8. The average molecular weight is 534 g/mol. The standard InChI is InChI=1S/C27H27N5O7/c1-3-16-15-30-9-7-17(16)10-25(30)26(22-6-8-28-24-5-4-21(38-2)14-23(22)24)39-27(33)29-18-11-19(31(34)35)13-20(12-18)32(36)37/h3-6,8,11-14,16-17,25-26H,1,7,9-10,15H2,2H3,(H,29,33)/t16-,17-,25-,26+/m0/s1. The van der Waals surface area contributed by atoms with E-state index in [2.05, 4.69) is 21.8 Å². The highest BCUT2D eigenvalue weighted by Gasteiger charge is 2.44. The molecule has 2 bridgehead atoms. The van der Waals surface area contributed by atoms with E-state index in [0.29, 0.717) is 23.1 Å². The molecule has 1 aromatic heterocycles. The quantitative estimate of drug-likeness (QED) is 0.233. The molecular weight excluding hydrogens is 506 g/mol. The van der Waals surface area contributed by atoms with Crippen LogP contribution in [0.2, 0.25) is 0 Å². The molecule has 2 aromatic carbocycles. The molecule has 3 aromatic rings. The van der Waals surface area contributed by atoms with Crippen LogP contribution in [0.4, 0.5) is 21.9 Å². The molecule has 4 heterocycles. The number of ether oxygens (including phenoxy) is 2. The fraction of sp³-hybridized carbons (Fsp3) is 0.333. The highest BCUT2D eigenvalue weighted by Crippen LogP contribution is 2.44. The summed E-state index contributed by atoms with van der Waals surface area (Å²) in [5.41, 5.74) is 0.297. The molecule has 0 spiro atoms. The van der Waals surface area contributed by atoms with Crippen molar-refractivity contribution in [1.82, 2.24) is 9.88 Å². The summed E-state index contributed by atoms with van der Waals surface area (Å²) in [6.07, 6.45) is 3.84. The Balaban J connectivity index is 1.51. The number of carbonyl (C=O) groups excluding carboxylic acids is 1. The van der Waals surface area contributed by atoms with E-state index in [1.54, 1.807) is 19.4 Å². The number of anilines is 1. The fourth-order valence-corrected chi connectivity index (χ4v) is 5.70. The predicted molar refractivity (Wildman–Crippen MR) is 143 cm³/mol. The van der Waals surface area contributed by atoms with Crippen molar-refractivity contribution in [3.63, 3.8) is 0 Å². The first-order valence-electron chi connectivity index (χ1n) is 12.5. The lowest BCUT2D eigenvalue weighted by Gasteiger charge is -2.51. The first-order valence-corrected chi connectivity index (χ1v) is 12.5. The van der Waals surface area contributed by atoms with Gasteiger partial charge in [-0.1, -0.05) is 6.08 Å². The van der Waals surface area contributed by atoms with Gasteiger partial charge in [-0.2, -0.15) is 0 Å².